The summed E-state index contributed by atoms with van der Waals surface area (Å²) in [6, 6.07) is 20.2. The number of aromatic hydroxyl groups is 1. The number of fused-ring (bicyclic) bond motifs is 7. The van der Waals surface area contributed by atoms with E-state index < -0.39 is 5.63 Å². The molecular weight excluding hydrogens is 630 g/mol. The van der Waals surface area contributed by atoms with Gasteiger partial charge in [-0.1, -0.05) is 18.2 Å². The van der Waals surface area contributed by atoms with Crippen LogP contribution < -0.4 is 34.0 Å². The Balaban J connectivity index is 1.47. The van der Waals surface area contributed by atoms with E-state index >= 15 is 0 Å². The zero-order chi connectivity index (χ0) is 34.2. The van der Waals surface area contributed by atoms with Crippen LogP contribution in [0.1, 0.15) is 11.1 Å². The van der Waals surface area contributed by atoms with Crippen LogP contribution in [0.3, 0.4) is 0 Å². The molecule has 6 aromatic rings. The molecule has 3 heterocycles. The van der Waals surface area contributed by atoms with Gasteiger partial charge in [0.25, 0.3) is 0 Å². The Kier molecular flexibility index (Phi) is 8.43. The molecule has 0 saturated carbocycles. The molecule has 0 atom stereocenters. The molecule has 252 valence electrons. The monoisotopic (exact) mass is 665 g/mol. The van der Waals surface area contributed by atoms with Gasteiger partial charge in [0, 0.05) is 41.6 Å². The van der Waals surface area contributed by atoms with Crippen LogP contribution in [-0.4, -0.2) is 52.0 Å². The number of rotatable bonds is 11. The van der Waals surface area contributed by atoms with Crippen molar-refractivity contribution in [1.82, 2.24) is 4.57 Å². The molecule has 2 aromatic heterocycles. The highest BCUT2D eigenvalue weighted by Crippen LogP contribution is 2.50. The van der Waals surface area contributed by atoms with Crippen molar-refractivity contribution in [3.05, 3.63) is 88.3 Å². The van der Waals surface area contributed by atoms with E-state index in [0.717, 1.165) is 39.3 Å². The Hall–Kier alpha value is -5.81. The van der Waals surface area contributed by atoms with Crippen molar-refractivity contribution in [2.45, 2.75) is 19.6 Å². The molecule has 0 amide bonds. The topological polar surface area (TPSA) is 120 Å². The van der Waals surface area contributed by atoms with Crippen LogP contribution in [0, 0.1) is 0 Å². The summed E-state index contributed by atoms with van der Waals surface area (Å²) in [6.07, 6.45) is 0.623. The standard InChI is InChI=1S/C38H35NO10/c1-42-20-48-33-18-28-26(17-31(33)46-5)35-34(23-8-11-27(40)29(15-23)44-3)36-25-16-30(45-4)32(47-19-21-6-9-24(43-2)10-7-21)14-22(25)12-13-39(36)37(35)38(41)49-28/h6-11,14-18,40H,12-13,19-20H2,1-5H3. The molecule has 0 unspecified atom stereocenters. The van der Waals surface area contributed by atoms with Crippen molar-refractivity contribution in [2.75, 3.05) is 42.3 Å². The van der Waals surface area contributed by atoms with Gasteiger partial charge in [0.2, 0.25) is 0 Å². The van der Waals surface area contributed by atoms with Crippen molar-refractivity contribution < 1.29 is 42.7 Å². The van der Waals surface area contributed by atoms with E-state index in [-0.39, 0.29) is 12.5 Å². The maximum absolute atomic E-state index is 13.9. The van der Waals surface area contributed by atoms with Gasteiger partial charge in [0.05, 0.1) is 34.1 Å². The molecule has 11 nitrogen and oxygen atoms in total. The number of nitrogens with zero attached hydrogens (tertiary/aromatic N) is 1. The number of aryl methyl sites for hydroxylation is 2. The van der Waals surface area contributed by atoms with Gasteiger partial charge in [0.15, 0.2) is 41.3 Å². The molecule has 0 spiro atoms. The number of ether oxygens (including phenoxy) is 7. The lowest BCUT2D eigenvalue weighted by molar-refractivity contribution is 0.0492. The van der Waals surface area contributed by atoms with Gasteiger partial charge in [-0.05, 0) is 65.6 Å². The molecule has 1 N–H and O–H groups in total. The van der Waals surface area contributed by atoms with Gasteiger partial charge in [0.1, 0.15) is 23.5 Å². The highest BCUT2D eigenvalue weighted by Gasteiger charge is 2.31. The van der Waals surface area contributed by atoms with E-state index in [1.165, 1.54) is 14.2 Å². The fourth-order valence-corrected chi connectivity index (χ4v) is 6.49. The maximum atomic E-state index is 13.9. The van der Waals surface area contributed by atoms with Gasteiger partial charge in [-0.15, -0.1) is 0 Å². The first-order chi connectivity index (χ1) is 23.9. The average molecular weight is 666 g/mol. The fraction of sp³-hybridized carbons (Fsp3) is 0.237. The van der Waals surface area contributed by atoms with E-state index in [4.69, 9.17) is 37.6 Å². The number of methoxy groups -OCH3 is 5. The Morgan fingerprint density at radius 2 is 1.51 bits per heavy atom. The summed E-state index contributed by atoms with van der Waals surface area (Å²) in [6.45, 7) is 0.821. The number of phenols is 1. The summed E-state index contributed by atoms with van der Waals surface area (Å²) in [5, 5.41) is 11.8. The molecular formula is C38H35NO10. The molecule has 0 radical (unpaired) electrons. The molecule has 1 aliphatic heterocycles. The average Bonchev–Trinajstić information content (AvgIpc) is 3.49. The lowest BCUT2D eigenvalue weighted by Crippen LogP contribution is -2.15. The molecule has 0 saturated heterocycles. The smallest absolute Gasteiger partial charge is 0.361 e. The number of hydrogen-bond donors (Lipinski definition) is 1. The van der Waals surface area contributed by atoms with Gasteiger partial charge in [-0.25, -0.2) is 4.79 Å². The highest BCUT2D eigenvalue weighted by atomic mass is 16.7. The number of hydrogen-bond acceptors (Lipinski definition) is 10. The first-order valence-electron chi connectivity index (χ1n) is 15.6. The molecule has 0 aliphatic carbocycles. The molecule has 7 rings (SSSR count). The van der Waals surface area contributed by atoms with Crippen molar-refractivity contribution in [3.8, 4) is 62.6 Å². The summed E-state index contributed by atoms with van der Waals surface area (Å²) in [4.78, 5) is 13.9. The Labute approximate surface area is 281 Å². The maximum Gasteiger partial charge on any atom is 0.361 e. The van der Waals surface area contributed by atoms with Gasteiger partial charge >= 0.3 is 5.63 Å². The van der Waals surface area contributed by atoms with Crippen LogP contribution in [0.25, 0.3) is 44.3 Å². The van der Waals surface area contributed by atoms with E-state index in [1.807, 2.05) is 41.0 Å². The van der Waals surface area contributed by atoms with E-state index in [2.05, 4.69) is 0 Å². The second-order valence-corrected chi connectivity index (χ2v) is 11.5. The van der Waals surface area contributed by atoms with Crippen LogP contribution in [0.5, 0.6) is 40.2 Å². The quantitative estimate of drug-likeness (QED) is 0.115. The van der Waals surface area contributed by atoms with Crippen LogP contribution in [-0.2, 0) is 24.3 Å². The predicted octanol–water partition coefficient (Wildman–Crippen LogP) is 6.94. The van der Waals surface area contributed by atoms with Crippen LogP contribution in [0.2, 0.25) is 0 Å². The molecule has 4 aromatic carbocycles. The first kappa shape index (κ1) is 31.8. The molecule has 0 bridgehead atoms. The van der Waals surface area contributed by atoms with Gasteiger partial charge < -0.3 is 47.2 Å². The summed E-state index contributed by atoms with van der Waals surface area (Å²) in [5.41, 5.74) is 5.38. The van der Waals surface area contributed by atoms with Crippen LogP contribution >= 0.6 is 0 Å². The molecule has 0 fully saturated rings. The summed E-state index contributed by atoms with van der Waals surface area (Å²) in [7, 11) is 7.79. The number of aromatic nitrogens is 1. The minimum atomic E-state index is -0.501. The van der Waals surface area contributed by atoms with Crippen molar-refractivity contribution in [2.24, 2.45) is 0 Å². The molecule has 11 heteroatoms. The van der Waals surface area contributed by atoms with Crippen molar-refractivity contribution in [1.29, 1.82) is 0 Å². The van der Waals surface area contributed by atoms with E-state index in [1.54, 1.807) is 51.7 Å². The second-order valence-electron chi connectivity index (χ2n) is 11.5. The third kappa shape index (κ3) is 5.51. The predicted molar refractivity (Wildman–Crippen MR) is 184 cm³/mol. The summed E-state index contributed by atoms with van der Waals surface area (Å²) in [5.74, 6) is 3.02. The number of phenolic OH excluding ortho intramolecular Hbond substituents is 1. The Morgan fingerprint density at radius 3 is 2.22 bits per heavy atom. The Bertz CT molecular complexity index is 2250. The minimum absolute atomic E-state index is 0.00433. The molecule has 1 aliphatic rings. The van der Waals surface area contributed by atoms with Crippen molar-refractivity contribution >= 4 is 21.9 Å². The zero-order valence-corrected chi connectivity index (χ0v) is 27.7. The third-order valence-corrected chi connectivity index (χ3v) is 8.80. The van der Waals surface area contributed by atoms with Crippen molar-refractivity contribution in [3.63, 3.8) is 0 Å². The first-order valence-corrected chi connectivity index (χ1v) is 15.6. The normalized spacial score (nSPS) is 12.0. The SMILES string of the molecule is COCOc1cc2oc(=O)c3c(c(-c4ccc(O)c(OC)c4)c4n3CCc3cc(OCc5ccc(OC)cc5)c(OC)cc3-4)c2cc1OC. The zero-order valence-electron chi connectivity index (χ0n) is 27.7. The summed E-state index contributed by atoms with van der Waals surface area (Å²) >= 11 is 0. The largest absolute Gasteiger partial charge is 0.504 e. The van der Waals surface area contributed by atoms with Gasteiger partial charge in [-0.2, -0.15) is 0 Å². The second kappa shape index (κ2) is 13.0. The van der Waals surface area contributed by atoms with E-state index in [0.29, 0.717) is 70.2 Å². The number of benzene rings is 4. The van der Waals surface area contributed by atoms with E-state index in [9.17, 15) is 9.90 Å². The summed E-state index contributed by atoms with van der Waals surface area (Å²) < 4.78 is 47.4. The third-order valence-electron chi connectivity index (χ3n) is 8.80. The van der Waals surface area contributed by atoms with Crippen LogP contribution in [0.15, 0.2) is 75.9 Å². The lowest BCUT2D eigenvalue weighted by Gasteiger charge is -2.23. The van der Waals surface area contributed by atoms with Gasteiger partial charge in [-0.3, -0.25) is 0 Å². The lowest BCUT2D eigenvalue weighted by atomic mass is 9.91. The highest BCUT2D eigenvalue weighted by molar-refractivity contribution is 6.17. The van der Waals surface area contributed by atoms with Crippen LogP contribution in [0.4, 0.5) is 0 Å². The minimum Gasteiger partial charge on any atom is -0.504 e. The Morgan fingerprint density at radius 1 is 0.776 bits per heavy atom. The molecule has 49 heavy (non-hydrogen) atoms. The fourth-order valence-electron chi connectivity index (χ4n) is 6.49.